The van der Waals surface area contributed by atoms with E-state index in [0.29, 0.717) is 29.0 Å². The van der Waals surface area contributed by atoms with Gasteiger partial charge in [0, 0.05) is 53.0 Å². The second-order valence-corrected chi connectivity index (χ2v) is 7.25. The largest absolute Gasteiger partial charge is 0.324 e. The van der Waals surface area contributed by atoms with Crippen molar-refractivity contribution in [2.75, 3.05) is 21.3 Å². The number of hydrogen-bond donors (Lipinski definition) is 5. The van der Waals surface area contributed by atoms with Gasteiger partial charge in [-0.1, -0.05) is 0 Å². The van der Waals surface area contributed by atoms with E-state index in [1.807, 2.05) is 51.1 Å². The molecule has 5 N–H and O–H groups in total. The van der Waals surface area contributed by atoms with Crippen LogP contribution in [0.25, 0.3) is 0 Å². The molecule has 0 aliphatic heterocycles. The third kappa shape index (κ3) is 5.36. The van der Waals surface area contributed by atoms with Crippen LogP contribution >= 0.6 is 0 Å². The predicted molar refractivity (Wildman–Crippen MR) is 125 cm³/mol. The van der Waals surface area contributed by atoms with Crippen molar-refractivity contribution < 1.29 is 4.79 Å². The number of nitrogens with zero attached hydrogens (tertiary/aromatic N) is 4. The third-order valence-electron chi connectivity index (χ3n) is 4.49. The highest BCUT2D eigenvalue weighted by Crippen LogP contribution is 2.24. The summed E-state index contributed by atoms with van der Waals surface area (Å²) in [5.74, 6) is 1.78. The zero-order valence-electron chi connectivity index (χ0n) is 17.9. The van der Waals surface area contributed by atoms with Gasteiger partial charge in [0.2, 0.25) is 5.95 Å². The van der Waals surface area contributed by atoms with Crippen molar-refractivity contribution in [2.45, 2.75) is 20.8 Å². The Kier molecular flexibility index (Phi) is 5.93. The molecule has 0 spiro atoms. The molecule has 0 aliphatic carbocycles. The molecule has 0 unspecified atom stereocenters. The van der Waals surface area contributed by atoms with E-state index in [1.165, 1.54) is 0 Å². The minimum absolute atomic E-state index is 0.331. The highest BCUT2D eigenvalue weighted by Gasteiger charge is 2.08. The van der Waals surface area contributed by atoms with Gasteiger partial charge in [0.15, 0.2) is 5.82 Å². The van der Waals surface area contributed by atoms with Crippen molar-refractivity contribution in [3.05, 3.63) is 71.8 Å². The predicted octanol–water partition coefficient (Wildman–Crippen LogP) is 4.65. The summed E-state index contributed by atoms with van der Waals surface area (Å²) in [6, 6.07) is 12.4. The summed E-state index contributed by atoms with van der Waals surface area (Å²) in [6.07, 6.45) is 3.23. The van der Waals surface area contributed by atoms with E-state index in [0.717, 1.165) is 22.6 Å². The summed E-state index contributed by atoms with van der Waals surface area (Å²) >= 11 is 0. The lowest BCUT2D eigenvalue weighted by molar-refractivity contribution is 0.262. The summed E-state index contributed by atoms with van der Waals surface area (Å²) < 4.78 is 0. The van der Waals surface area contributed by atoms with Gasteiger partial charge in [-0.15, -0.1) is 0 Å². The monoisotopic (exact) mass is 429 g/mol. The molecule has 2 amide bonds. The molecule has 0 fully saturated rings. The van der Waals surface area contributed by atoms with E-state index in [2.05, 4.69) is 46.4 Å². The van der Waals surface area contributed by atoms with Crippen LogP contribution in [0.4, 0.5) is 39.4 Å². The number of carbonyl (C=O) groups is 1. The van der Waals surface area contributed by atoms with Gasteiger partial charge < -0.3 is 21.3 Å². The number of H-pyrrole nitrogens is 1. The van der Waals surface area contributed by atoms with Gasteiger partial charge >= 0.3 is 6.03 Å². The number of anilines is 6. The number of aryl methyl sites for hydroxylation is 3. The molecule has 162 valence electrons. The molecule has 1 aromatic carbocycles. The fourth-order valence-corrected chi connectivity index (χ4v) is 3.03. The Morgan fingerprint density at radius 1 is 0.844 bits per heavy atom. The van der Waals surface area contributed by atoms with Crippen LogP contribution < -0.4 is 21.3 Å². The maximum absolute atomic E-state index is 12.2. The number of urea groups is 1. The molecule has 4 aromatic rings. The molecule has 0 saturated carbocycles. The molecule has 4 rings (SSSR count). The molecule has 10 nitrogen and oxygen atoms in total. The molecular formula is C22H23N9O. The second-order valence-electron chi connectivity index (χ2n) is 7.25. The minimum atomic E-state index is -0.331. The first-order valence-electron chi connectivity index (χ1n) is 9.95. The fraction of sp³-hybridized carbons (Fsp3) is 0.136. The first-order chi connectivity index (χ1) is 15.4. The Balaban J connectivity index is 1.44. The molecule has 0 atom stereocenters. The van der Waals surface area contributed by atoms with Crippen LogP contribution in [0.1, 0.15) is 17.0 Å². The minimum Gasteiger partial charge on any atom is -0.324 e. The Bertz CT molecular complexity index is 1240. The standard InChI is InChI=1S/C22H23N9O/c1-13-10-17(26-22(32)25-16-6-8-23-9-7-16)4-5-18(13)27-21-24-14(2)11-19(29-21)28-20-12-15(3)30-31-20/h4-12H,1-3H3,(H2,23,25,26,32)(H3,24,27,28,29,30,31). The molecular weight excluding hydrogens is 406 g/mol. The number of pyridine rings is 1. The van der Waals surface area contributed by atoms with E-state index in [-0.39, 0.29) is 6.03 Å². The van der Waals surface area contributed by atoms with Crippen molar-refractivity contribution in [3.63, 3.8) is 0 Å². The number of nitrogens with one attached hydrogen (secondary N) is 5. The van der Waals surface area contributed by atoms with E-state index in [9.17, 15) is 4.79 Å². The van der Waals surface area contributed by atoms with Crippen molar-refractivity contribution in [1.82, 2.24) is 25.1 Å². The number of hydrogen-bond acceptors (Lipinski definition) is 7. The normalized spacial score (nSPS) is 10.5. The molecule has 3 heterocycles. The Morgan fingerprint density at radius 3 is 2.34 bits per heavy atom. The first kappa shape index (κ1) is 20.8. The van der Waals surface area contributed by atoms with Gasteiger partial charge in [0.05, 0.1) is 0 Å². The topological polar surface area (TPSA) is 133 Å². The first-order valence-corrected chi connectivity index (χ1v) is 9.95. The van der Waals surface area contributed by atoms with Crippen LogP contribution in [0, 0.1) is 20.8 Å². The van der Waals surface area contributed by atoms with Crippen molar-refractivity contribution in [3.8, 4) is 0 Å². The number of benzene rings is 1. The molecule has 32 heavy (non-hydrogen) atoms. The summed E-state index contributed by atoms with van der Waals surface area (Å²) in [6.45, 7) is 5.77. The van der Waals surface area contributed by atoms with Gasteiger partial charge in [0.1, 0.15) is 5.82 Å². The van der Waals surface area contributed by atoms with Crippen LogP contribution in [0.5, 0.6) is 0 Å². The molecule has 10 heteroatoms. The van der Waals surface area contributed by atoms with Crippen LogP contribution in [-0.4, -0.2) is 31.2 Å². The van der Waals surface area contributed by atoms with Crippen molar-refractivity contribution >= 4 is 40.7 Å². The van der Waals surface area contributed by atoms with Crippen molar-refractivity contribution in [1.29, 1.82) is 0 Å². The van der Waals surface area contributed by atoms with Gasteiger partial charge in [-0.25, -0.2) is 9.78 Å². The fourth-order valence-electron chi connectivity index (χ4n) is 3.03. The van der Waals surface area contributed by atoms with Crippen LogP contribution in [0.3, 0.4) is 0 Å². The van der Waals surface area contributed by atoms with Gasteiger partial charge in [0.25, 0.3) is 0 Å². The molecule has 0 radical (unpaired) electrons. The molecule has 0 saturated heterocycles. The SMILES string of the molecule is Cc1cc(Nc2cc(C)[nH]n2)nc(Nc2ccc(NC(=O)Nc3ccncc3)cc2C)n1. The van der Waals surface area contributed by atoms with Crippen molar-refractivity contribution in [2.24, 2.45) is 0 Å². The van der Waals surface area contributed by atoms with Crippen LogP contribution in [-0.2, 0) is 0 Å². The van der Waals surface area contributed by atoms with Crippen LogP contribution in [0.2, 0.25) is 0 Å². The summed E-state index contributed by atoms with van der Waals surface area (Å²) in [5.41, 5.74) is 4.85. The molecule has 0 aliphatic rings. The van der Waals surface area contributed by atoms with E-state index >= 15 is 0 Å². The average Bonchev–Trinajstić information content (AvgIpc) is 3.15. The molecule has 3 aromatic heterocycles. The van der Waals surface area contributed by atoms with E-state index in [1.54, 1.807) is 24.5 Å². The smallest absolute Gasteiger partial charge is 0.323 e. The number of carbonyl (C=O) groups excluding carboxylic acids is 1. The number of rotatable bonds is 6. The maximum atomic E-state index is 12.2. The van der Waals surface area contributed by atoms with Gasteiger partial charge in [-0.05, 0) is 56.7 Å². The van der Waals surface area contributed by atoms with E-state index < -0.39 is 0 Å². The summed E-state index contributed by atoms with van der Waals surface area (Å²) in [7, 11) is 0. The van der Waals surface area contributed by atoms with Gasteiger partial charge in [-0.3, -0.25) is 10.1 Å². The molecule has 0 bridgehead atoms. The lowest BCUT2D eigenvalue weighted by Gasteiger charge is -2.13. The second kappa shape index (κ2) is 9.13. The average molecular weight is 429 g/mol. The number of aromatic nitrogens is 5. The Hall–Kier alpha value is -4.47. The highest BCUT2D eigenvalue weighted by molar-refractivity contribution is 5.99. The lowest BCUT2D eigenvalue weighted by atomic mass is 10.2. The number of aromatic amines is 1. The lowest BCUT2D eigenvalue weighted by Crippen LogP contribution is -2.19. The number of amides is 2. The highest BCUT2D eigenvalue weighted by atomic mass is 16.2. The van der Waals surface area contributed by atoms with E-state index in [4.69, 9.17) is 0 Å². The maximum Gasteiger partial charge on any atom is 0.323 e. The quantitative estimate of drug-likeness (QED) is 0.301. The third-order valence-corrected chi connectivity index (χ3v) is 4.49. The Labute approximate surface area is 184 Å². The zero-order chi connectivity index (χ0) is 22.5. The van der Waals surface area contributed by atoms with Gasteiger partial charge in [-0.2, -0.15) is 10.1 Å². The summed E-state index contributed by atoms with van der Waals surface area (Å²) in [4.78, 5) is 25.1. The zero-order valence-corrected chi connectivity index (χ0v) is 17.9. The summed E-state index contributed by atoms with van der Waals surface area (Å²) in [5, 5.41) is 19.0. The Morgan fingerprint density at radius 2 is 1.62 bits per heavy atom. The van der Waals surface area contributed by atoms with Crippen LogP contribution in [0.15, 0.2) is 54.9 Å².